The quantitative estimate of drug-likeness (QED) is 0.0883. The Hall–Kier alpha value is -7.47. The Morgan fingerprint density at radius 2 is 0.661 bits per heavy atom. The number of aromatic nitrogens is 6. The van der Waals surface area contributed by atoms with E-state index in [1.165, 1.54) is 0 Å². The molecule has 1 aliphatic rings. The normalized spacial score (nSPS) is 12.8. The van der Waals surface area contributed by atoms with Crippen LogP contribution in [0.3, 0.4) is 0 Å². The Morgan fingerprint density at radius 3 is 0.952 bits per heavy atom. The first kappa shape index (κ1) is 41.3. The van der Waals surface area contributed by atoms with Crippen molar-refractivity contribution in [1.82, 2.24) is 29.9 Å². The molecule has 0 saturated carbocycles. The third-order valence-corrected chi connectivity index (χ3v) is 10.9. The Bertz CT molecular complexity index is 3280. The molecule has 0 atom stereocenters. The molecule has 0 unspecified atom stereocenters. The van der Waals surface area contributed by atoms with Crippen LogP contribution in [0, 0.1) is 0 Å². The van der Waals surface area contributed by atoms with Crippen molar-refractivity contribution in [2.75, 3.05) is 0 Å². The zero-order chi connectivity index (χ0) is 44.0. The molecule has 12 nitrogen and oxygen atoms in total. The summed E-state index contributed by atoms with van der Waals surface area (Å²) in [4.78, 5) is 59.6. The fraction of sp³-hybridized carbons (Fsp3) is 0.220. The second-order valence-electron chi connectivity index (χ2n) is 18.0. The molecule has 0 fully saturated rings. The molecule has 1 aromatic heterocycles. The molecule has 7 aromatic rings. The minimum absolute atomic E-state index is 0.294. The van der Waals surface area contributed by atoms with Gasteiger partial charge in [0.15, 0.2) is 33.5 Å². The summed E-state index contributed by atoms with van der Waals surface area (Å²) >= 11 is 0. The third-order valence-electron chi connectivity index (χ3n) is 10.9. The van der Waals surface area contributed by atoms with Crippen molar-refractivity contribution in [3.8, 4) is 0 Å². The van der Waals surface area contributed by atoms with Gasteiger partial charge in [0, 0.05) is 16.5 Å². The van der Waals surface area contributed by atoms with Crippen molar-refractivity contribution >= 4 is 66.6 Å². The Morgan fingerprint density at radius 1 is 0.387 bits per heavy atom. The van der Waals surface area contributed by atoms with Crippen LogP contribution in [0.25, 0.3) is 66.6 Å². The highest BCUT2D eigenvalue weighted by molar-refractivity contribution is 5.88. The molecule has 1 aliphatic heterocycles. The summed E-state index contributed by atoms with van der Waals surface area (Å²) in [5.74, 6) is 0. The first-order valence-corrected chi connectivity index (χ1v) is 20.5. The summed E-state index contributed by atoms with van der Waals surface area (Å²) in [6.45, 7) is 17.0. The van der Waals surface area contributed by atoms with E-state index in [1.807, 2.05) is 12.1 Å². The highest BCUT2D eigenvalue weighted by Crippen LogP contribution is 2.45. The van der Waals surface area contributed by atoms with Gasteiger partial charge in [0.05, 0.1) is 33.1 Å². The van der Waals surface area contributed by atoms with Gasteiger partial charge < -0.3 is 43.2 Å². The van der Waals surface area contributed by atoms with Crippen LogP contribution in [0.2, 0.25) is 0 Å². The molecule has 6 N–H and O–H groups in total. The molecular weight excluding hydrogens is 781 g/mol. The lowest BCUT2D eigenvalue weighted by Gasteiger charge is -2.33. The van der Waals surface area contributed by atoms with E-state index in [9.17, 15) is 14.4 Å². The number of para-hydroxylation sites is 8. The average Bonchev–Trinajstić information content (AvgIpc) is 3.20. The van der Waals surface area contributed by atoms with Gasteiger partial charge >= 0.3 is 17.1 Å². The monoisotopic (exact) mass is 830 g/mol. The summed E-state index contributed by atoms with van der Waals surface area (Å²) in [7, 11) is 0. The molecule has 2 bridgehead atoms. The van der Waals surface area contributed by atoms with Crippen LogP contribution < -0.4 is 17.1 Å². The lowest BCUT2D eigenvalue weighted by Crippen LogP contribution is -2.25. The highest BCUT2D eigenvalue weighted by Gasteiger charge is 2.35. The van der Waals surface area contributed by atoms with Crippen LogP contribution in [0.5, 0.6) is 0 Å². The Balaban J connectivity index is 1.61. The number of fused-ring (bicyclic) bond motifs is 4. The van der Waals surface area contributed by atoms with Crippen molar-refractivity contribution in [3.63, 3.8) is 0 Å². The molecule has 0 spiro atoms. The topological polar surface area (TPSA) is 185 Å². The fourth-order valence-electron chi connectivity index (χ4n) is 7.41. The predicted molar refractivity (Wildman–Crippen MR) is 248 cm³/mol. The third kappa shape index (κ3) is 8.44. The summed E-state index contributed by atoms with van der Waals surface area (Å²) in [5.41, 5.74) is 5.49. The van der Waals surface area contributed by atoms with Gasteiger partial charge in [-0.15, -0.1) is 0 Å². The number of aromatic amines is 6. The van der Waals surface area contributed by atoms with Crippen molar-refractivity contribution in [2.24, 2.45) is 0 Å². The lowest BCUT2D eigenvalue weighted by molar-refractivity contribution is 0.543. The van der Waals surface area contributed by atoms with Crippen molar-refractivity contribution in [3.05, 3.63) is 175 Å². The van der Waals surface area contributed by atoms with Gasteiger partial charge in [-0.3, -0.25) is 0 Å². The molecular formula is C50H50N6O6. The molecule has 0 amide bonds. The molecule has 62 heavy (non-hydrogen) atoms. The number of nitrogens with one attached hydrogen (secondary N) is 6. The zero-order valence-electron chi connectivity index (χ0n) is 36.0. The molecule has 8 rings (SSSR count). The first-order valence-electron chi connectivity index (χ1n) is 20.5. The van der Waals surface area contributed by atoms with Crippen molar-refractivity contribution in [1.29, 1.82) is 0 Å². The number of hydrogen-bond acceptors (Lipinski definition) is 6. The van der Waals surface area contributed by atoms with Gasteiger partial charge in [0.1, 0.15) is 0 Å². The van der Waals surface area contributed by atoms with Gasteiger partial charge in [0.2, 0.25) is 0 Å². The van der Waals surface area contributed by atoms with Gasteiger partial charge in [-0.25, -0.2) is 14.4 Å². The molecule has 316 valence electrons. The van der Waals surface area contributed by atoms with Crippen LogP contribution in [0.4, 0.5) is 0 Å². The van der Waals surface area contributed by atoms with E-state index < -0.39 is 22.5 Å². The Kier molecular flexibility index (Phi) is 10.6. The smallest absolute Gasteiger partial charge is 0.323 e. The van der Waals surface area contributed by atoms with Crippen LogP contribution in [0.15, 0.2) is 149 Å². The maximum Gasteiger partial charge on any atom is 0.323 e. The van der Waals surface area contributed by atoms with E-state index in [4.69, 9.17) is 13.3 Å². The van der Waals surface area contributed by atoms with Crippen molar-refractivity contribution < 1.29 is 13.3 Å². The van der Waals surface area contributed by atoms with E-state index in [0.717, 1.165) is 22.3 Å². The minimum atomic E-state index is -0.651. The largest absolute Gasteiger partial charge is 0.453 e. The maximum absolute atomic E-state index is 14.1. The number of hydrogen-bond donors (Lipinski definition) is 6. The summed E-state index contributed by atoms with van der Waals surface area (Å²) in [6.07, 6.45) is 0. The first-order chi connectivity index (χ1) is 29.4. The van der Waals surface area contributed by atoms with Gasteiger partial charge in [-0.2, -0.15) is 0 Å². The molecule has 12 heteroatoms. The number of H-pyrrole nitrogens is 6. The summed E-state index contributed by atoms with van der Waals surface area (Å²) < 4.78 is 19.7. The van der Waals surface area contributed by atoms with Crippen LogP contribution >= 0.6 is 0 Å². The van der Waals surface area contributed by atoms with Crippen LogP contribution in [0.1, 0.15) is 77.6 Å². The molecule has 0 aliphatic carbocycles. The molecule has 6 aromatic carbocycles. The molecule has 0 radical (unpaired) electrons. The van der Waals surface area contributed by atoms with Crippen molar-refractivity contribution in [2.45, 2.75) is 71.6 Å². The second-order valence-corrected chi connectivity index (χ2v) is 18.0. The van der Waals surface area contributed by atoms with Crippen LogP contribution in [-0.2, 0) is 16.2 Å². The molecule has 0 saturated heterocycles. The summed E-state index contributed by atoms with van der Waals surface area (Å²) in [6, 6.07) is 36.1. The zero-order valence-corrected chi connectivity index (χ0v) is 36.0. The van der Waals surface area contributed by atoms with Gasteiger partial charge in [0.25, 0.3) is 0 Å². The van der Waals surface area contributed by atoms with Crippen LogP contribution in [-0.4, -0.2) is 29.9 Å². The standard InChI is InChI=1S/C50H50N6O6/c1-48(2,3)29-25-31-43-37(27-29)55-46(58)53-35-19-11-15-23-41(35)60-39-21-13-9-17-33(39)51-45(57)52-34-18-10-14-22-40(34)61-42-24-16-12-20-36(42)54-47(59)56-38-28-30(49(4,5)6)26-32(44(38)62-43)50(31,7)8/h9-28H,1-8H3,(H2,51,52,57)(H2,53,55,58)(H2,54,56,59). The predicted octanol–water partition coefficient (Wildman–Crippen LogP) is 11.4. The van der Waals surface area contributed by atoms with Gasteiger partial charge in [-0.05, 0) is 82.6 Å². The maximum atomic E-state index is 14.1. The van der Waals surface area contributed by atoms with Gasteiger partial charge in [-0.1, -0.05) is 116 Å². The minimum Gasteiger partial charge on any atom is -0.453 e. The van der Waals surface area contributed by atoms with E-state index in [0.29, 0.717) is 66.6 Å². The van der Waals surface area contributed by atoms with E-state index in [1.54, 1.807) is 97.1 Å². The van der Waals surface area contributed by atoms with E-state index >= 15 is 0 Å². The lowest BCUT2D eigenvalue weighted by atomic mass is 9.72. The SMILES string of the molecule is CC(C)(C)c1cc2c3oc4c(cc(C(C)(C)C)cc4[nH]c(=O)[nH]c4ccccc4oc4ccccc4[nH]c(=O)[nH]c4ccccc4oc4ccccc4[nH]c(=O)[nH]c3c1)C2(C)C. The Labute approximate surface area is 355 Å². The second kappa shape index (κ2) is 15.9. The van der Waals surface area contributed by atoms with E-state index in [-0.39, 0.29) is 10.8 Å². The fourth-order valence-corrected chi connectivity index (χ4v) is 7.41. The molecule has 2 heterocycles. The summed E-state index contributed by atoms with van der Waals surface area (Å²) in [5, 5.41) is 0. The average molecular weight is 831 g/mol. The van der Waals surface area contributed by atoms with E-state index in [2.05, 4.69) is 97.4 Å². The number of rotatable bonds is 0. The number of benzene rings is 6. The highest BCUT2D eigenvalue weighted by atomic mass is 16.3.